The third-order valence-corrected chi connectivity index (χ3v) is 6.24. The first-order valence-corrected chi connectivity index (χ1v) is 10.4. The largest absolute Gasteiger partial charge is 0.335 e. The fourth-order valence-electron chi connectivity index (χ4n) is 4.90. The average Bonchev–Trinajstić information content (AvgIpc) is 2.69. The van der Waals surface area contributed by atoms with Crippen molar-refractivity contribution in [1.29, 1.82) is 0 Å². The molecule has 5 heteroatoms. The van der Waals surface area contributed by atoms with E-state index in [4.69, 9.17) is 0 Å². The van der Waals surface area contributed by atoms with Crippen LogP contribution in [0.1, 0.15) is 43.2 Å². The molecule has 2 aliphatic heterocycles. The maximum atomic E-state index is 13.2. The summed E-state index contributed by atoms with van der Waals surface area (Å²) in [4.78, 5) is 14.0. The number of halogens is 1. The zero-order chi connectivity index (χ0) is 19.3. The van der Waals surface area contributed by atoms with E-state index in [0.29, 0.717) is 18.6 Å². The third kappa shape index (κ3) is 4.71. The number of benzene rings is 2. The van der Waals surface area contributed by atoms with Crippen LogP contribution in [0.25, 0.3) is 0 Å². The van der Waals surface area contributed by atoms with Crippen LogP contribution >= 0.6 is 0 Å². The van der Waals surface area contributed by atoms with Gasteiger partial charge >= 0.3 is 6.03 Å². The van der Waals surface area contributed by atoms with Gasteiger partial charge in [-0.25, -0.2) is 9.18 Å². The third-order valence-electron chi connectivity index (χ3n) is 6.24. The molecular weight excluding hydrogens is 353 g/mol. The maximum Gasteiger partial charge on any atom is 0.315 e. The van der Waals surface area contributed by atoms with Crippen molar-refractivity contribution < 1.29 is 14.1 Å². The lowest BCUT2D eigenvalue weighted by Gasteiger charge is -2.46. The molecule has 0 spiro atoms. The quantitative estimate of drug-likeness (QED) is 0.732. The molecule has 2 fully saturated rings. The van der Waals surface area contributed by atoms with Crippen molar-refractivity contribution in [3.63, 3.8) is 0 Å². The van der Waals surface area contributed by atoms with E-state index in [1.807, 2.05) is 42.5 Å². The molecule has 0 aliphatic carbocycles. The van der Waals surface area contributed by atoms with Gasteiger partial charge in [0, 0.05) is 31.0 Å². The van der Waals surface area contributed by atoms with Crippen molar-refractivity contribution in [2.24, 2.45) is 0 Å². The SMILES string of the molecule is O=C(NCc1ccccc1)NC1C[C@H]2CCC[C@@H](C1)[NH+]2Cc1ccc(F)cc1. The van der Waals surface area contributed by atoms with Crippen LogP contribution in [0.5, 0.6) is 0 Å². The minimum absolute atomic E-state index is 0.0751. The number of nitrogens with one attached hydrogen (secondary N) is 3. The lowest BCUT2D eigenvalue weighted by atomic mass is 9.81. The van der Waals surface area contributed by atoms with Crippen molar-refractivity contribution in [3.05, 3.63) is 71.5 Å². The van der Waals surface area contributed by atoms with Crippen LogP contribution in [0.2, 0.25) is 0 Å². The Morgan fingerprint density at radius 1 is 0.964 bits per heavy atom. The number of hydrogen-bond donors (Lipinski definition) is 3. The first-order chi connectivity index (χ1) is 13.7. The van der Waals surface area contributed by atoms with Gasteiger partial charge in [-0.15, -0.1) is 0 Å². The van der Waals surface area contributed by atoms with Crippen LogP contribution in [0.4, 0.5) is 9.18 Å². The lowest BCUT2D eigenvalue weighted by Crippen LogP contribution is -3.20. The summed E-state index contributed by atoms with van der Waals surface area (Å²) in [7, 11) is 0. The highest BCUT2D eigenvalue weighted by molar-refractivity contribution is 5.74. The highest BCUT2D eigenvalue weighted by Crippen LogP contribution is 2.23. The second-order valence-corrected chi connectivity index (χ2v) is 8.18. The summed E-state index contributed by atoms with van der Waals surface area (Å²) >= 11 is 0. The summed E-state index contributed by atoms with van der Waals surface area (Å²) in [5.74, 6) is -0.177. The normalized spacial score (nSPS) is 26.5. The summed E-state index contributed by atoms with van der Waals surface area (Å²) in [5.41, 5.74) is 2.30. The van der Waals surface area contributed by atoms with Gasteiger partial charge in [-0.2, -0.15) is 0 Å². The Bertz CT molecular complexity index is 766. The van der Waals surface area contributed by atoms with Crippen molar-refractivity contribution in [2.45, 2.75) is 63.3 Å². The number of carbonyl (C=O) groups is 1. The van der Waals surface area contributed by atoms with Crippen molar-refractivity contribution in [1.82, 2.24) is 10.6 Å². The van der Waals surface area contributed by atoms with Gasteiger partial charge in [0.15, 0.2) is 0 Å². The van der Waals surface area contributed by atoms with E-state index < -0.39 is 0 Å². The predicted octanol–water partition coefficient (Wildman–Crippen LogP) is 2.79. The maximum absolute atomic E-state index is 13.2. The zero-order valence-corrected chi connectivity index (χ0v) is 16.2. The highest BCUT2D eigenvalue weighted by atomic mass is 19.1. The smallest absolute Gasteiger partial charge is 0.315 e. The summed E-state index contributed by atoms with van der Waals surface area (Å²) in [6.45, 7) is 1.50. The van der Waals surface area contributed by atoms with Crippen LogP contribution in [-0.4, -0.2) is 24.2 Å². The van der Waals surface area contributed by atoms with Crippen LogP contribution in [0.15, 0.2) is 54.6 Å². The number of urea groups is 1. The molecule has 2 amide bonds. The minimum atomic E-state index is -0.177. The molecule has 2 saturated heterocycles. The predicted molar refractivity (Wildman–Crippen MR) is 107 cm³/mol. The number of hydrogen-bond acceptors (Lipinski definition) is 1. The Kier molecular flexibility index (Phi) is 5.91. The Labute approximate surface area is 166 Å². The second-order valence-electron chi connectivity index (χ2n) is 8.18. The first-order valence-electron chi connectivity index (χ1n) is 10.4. The van der Waals surface area contributed by atoms with Gasteiger partial charge in [0.1, 0.15) is 12.4 Å². The van der Waals surface area contributed by atoms with Crippen LogP contribution < -0.4 is 15.5 Å². The zero-order valence-electron chi connectivity index (χ0n) is 16.2. The van der Waals surface area contributed by atoms with E-state index in [2.05, 4.69) is 10.6 Å². The molecule has 28 heavy (non-hydrogen) atoms. The van der Waals surface area contributed by atoms with E-state index in [1.54, 1.807) is 17.0 Å². The summed E-state index contributed by atoms with van der Waals surface area (Å²) < 4.78 is 13.2. The molecule has 2 aromatic rings. The number of rotatable bonds is 5. The first kappa shape index (κ1) is 18.9. The average molecular weight is 383 g/mol. The minimum Gasteiger partial charge on any atom is -0.335 e. The van der Waals surface area contributed by atoms with E-state index in [-0.39, 0.29) is 17.9 Å². The lowest BCUT2D eigenvalue weighted by molar-refractivity contribution is -0.973. The second kappa shape index (κ2) is 8.74. The van der Waals surface area contributed by atoms with Gasteiger partial charge in [0.2, 0.25) is 0 Å². The highest BCUT2D eigenvalue weighted by Gasteiger charge is 2.42. The molecule has 2 bridgehead atoms. The molecule has 0 aromatic heterocycles. The molecule has 2 aliphatic rings. The monoisotopic (exact) mass is 382 g/mol. The molecule has 4 nitrogen and oxygen atoms in total. The summed E-state index contributed by atoms with van der Waals surface area (Å²) in [5, 5.41) is 6.17. The van der Waals surface area contributed by atoms with Crippen molar-refractivity contribution >= 4 is 6.03 Å². The molecule has 2 aromatic carbocycles. The van der Waals surface area contributed by atoms with Crippen molar-refractivity contribution in [2.75, 3.05) is 0 Å². The molecular formula is C23H29FN3O+. The molecule has 3 N–H and O–H groups in total. The van der Waals surface area contributed by atoms with Gasteiger partial charge < -0.3 is 15.5 Å². The van der Waals surface area contributed by atoms with Gasteiger partial charge in [-0.3, -0.25) is 0 Å². The topological polar surface area (TPSA) is 45.6 Å². The van der Waals surface area contributed by atoms with Crippen molar-refractivity contribution in [3.8, 4) is 0 Å². The number of fused-ring (bicyclic) bond motifs is 2. The molecule has 4 rings (SSSR count). The number of quaternary nitrogens is 1. The number of piperidine rings is 2. The van der Waals surface area contributed by atoms with Crippen LogP contribution in [0, 0.1) is 5.82 Å². The van der Waals surface area contributed by atoms with E-state index in [9.17, 15) is 9.18 Å². The molecule has 4 atom stereocenters. The number of amides is 2. The van der Waals surface area contributed by atoms with Gasteiger partial charge in [-0.05, 0) is 37.0 Å². The van der Waals surface area contributed by atoms with E-state index >= 15 is 0 Å². The van der Waals surface area contributed by atoms with E-state index in [0.717, 1.165) is 24.9 Å². The molecule has 148 valence electrons. The van der Waals surface area contributed by atoms with Gasteiger partial charge in [-0.1, -0.05) is 42.5 Å². The Morgan fingerprint density at radius 2 is 1.64 bits per heavy atom. The standard InChI is InChI=1S/C23H28FN3O/c24-19-11-9-18(10-12-19)16-27-21-7-4-8-22(27)14-20(13-21)26-23(28)25-15-17-5-2-1-3-6-17/h1-3,5-6,9-12,20-22H,4,7-8,13-16H2,(H2,25,26,28)/p+1/t20?,21-,22+. The molecule has 2 unspecified atom stereocenters. The number of carbonyl (C=O) groups excluding carboxylic acids is 1. The molecule has 0 radical (unpaired) electrons. The fraction of sp³-hybridized carbons (Fsp3) is 0.435. The van der Waals surface area contributed by atoms with Crippen LogP contribution in [-0.2, 0) is 13.1 Å². The van der Waals surface area contributed by atoms with E-state index in [1.165, 1.54) is 24.8 Å². The Hall–Kier alpha value is -2.40. The fourth-order valence-corrected chi connectivity index (χ4v) is 4.90. The van der Waals surface area contributed by atoms with Gasteiger partial charge in [0.05, 0.1) is 12.1 Å². The summed E-state index contributed by atoms with van der Waals surface area (Å²) in [6, 6.07) is 18.2. The molecule has 2 heterocycles. The molecule has 0 saturated carbocycles. The Morgan fingerprint density at radius 3 is 2.32 bits per heavy atom. The van der Waals surface area contributed by atoms with Gasteiger partial charge in [0.25, 0.3) is 0 Å². The van der Waals surface area contributed by atoms with Crippen LogP contribution in [0.3, 0.4) is 0 Å². The Balaban J connectivity index is 1.31. The summed E-state index contributed by atoms with van der Waals surface area (Å²) in [6.07, 6.45) is 5.72.